The van der Waals surface area contributed by atoms with Gasteiger partial charge in [0.25, 0.3) is 0 Å². The highest BCUT2D eigenvalue weighted by Crippen LogP contribution is 2.24. The van der Waals surface area contributed by atoms with E-state index in [4.69, 9.17) is 4.74 Å². The fourth-order valence-corrected chi connectivity index (χ4v) is 2.43. The van der Waals surface area contributed by atoms with Gasteiger partial charge in [-0.05, 0) is 38.4 Å². The number of ether oxygens (including phenoxy) is 1. The molecule has 0 aliphatic rings. The minimum absolute atomic E-state index is 0.288. The molecule has 20 heavy (non-hydrogen) atoms. The average molecular weight is 269 g/mol. The number of nitrogens with one attached hydrogen (secondary N) is 1. The molecule has 0 aliphatic heterocycles. The fraction of sp³-hybridized carbons (Fsp3) is 0.333. The molecule has 1 N–H and O–H groups in total. The van der Waals surface area contributed by atoms with Gasteiger partial charge in [0.1, 0.15) is 5.75 Å². The van der Waals surface area contributed by atoms with Crippen molar-refractivity contribution in [1.29, 1.82) is 0 Å². The van der Waals surface area contributed by atoms with Crippen LogP contribution in [0.3, 0.4) is 0 Å². The van der Waals surface area contributed by atoms with Crippen molar-refractivity contribution in [2.75, 3.05) is 13.7 Å². The number of methoxy groups -OCH3 is 1. The van der Waals surface area contributed by atoms with Crippen LogP contribution in [-0.4, -0.2) is 13.7 Å². The number of hydrogen-bond acceptors (Lipinski definition) is 2. The molecule has 2 aromatic carbocycles. The van der Waals surface area contributed by atoms with E-state index in [2.05, 4.69) is 55.6 Å². The topological polar surface area (TPSA) is 21.3 Å². The minimum Gasteiger partial charge on any atom is -0.496 e. The number of para-hydroxylation sites is 1. The van der Waals surface area contributed by atoms with Gasteiger partial charge in [0, 0.05) is 11.6 Å². The Balaban J connectivity index is 1.90. The van der Waals surface area contributed by atoms with Gasteiger partial charge in [-0.25, -0.2) is 0 Å². The Morgan fingerprint density at radius 1 is 1.10 bits per heavy atom. The van der Waals surface area contributed by atoms with Gasteiger partial charge in [-0.2, -0.15) is 0 Å². The largest absolute Gasteiger partial charge is 0.496 e. The summed E-state index contributed by atoms with van der Waals surface area (Å²) in [7, 11) is 1.72. The second kappa shape index (κ2) is 7.11. The van der Waals surface area contributed by atoms with E-state index >= 15 is 0 Å². The summed E-state index contributed by atoms with van der Waals surface area (Å²) in [5.41, 5.74) is 3.91. The second-order valence-corrected chi connectivity index (χ2v) is 5.16. The summed E-state index contributed by atoms with van der Waals surface area (Å²) in [6.07, 6.45) is 1.04. The molecule has 106 valence electrons. The van der Waals surface area contributed by atoms with Crippen molar-refractivity contribution in [2.45, 2.75) is 26.3 Å². The van der Waals surface area contributed by atoms with Gasteiger partial charge < -0.3 is 10.1 Å². The maximum Gasteiger partial charge on any atom is 0.123 e. The SMILES string of the molecule is COc1ccccc1C(C)NCCc1cccc(C)c1. The first-order chi connectivity index (χ1) is 9.70. The molecule has 1 atom stereocenters. The van der Waals surface area contributed by atoms with Gasteiger partial charge >= 0.3 is 0 Å². The zero-order valence-corrected chi connectivity index (χ0v) is 12.5. The average Bonchev–Trinajstić information content (AvgIpc) is 2.47. The normalized spacial score (nSPS) is 12.2. The molecule has 0 saturated carbocycles. The summed E-state index contributed by atoms with van der Waals surface area (Å²) in [6.45, 7) is 5.27. The Hall–Kier alpha value is -1.80. The maximum absolute atomic E-state index is 5.41. The molecule has 2 nitrogen and oxygen atoms in total. The van der Waals surface area contributed by atoms with E-state index in [1.54, 1.807) is 7.11 Å². The van der Waals surface area contributed by atoms with Crippen molar-refractivity contribution in [3.05, 3.63) is 65.2 Å². The van der Waals surface area contributed by atoms with Crippen LogP contribution in [0, 0.1) is 6.92 Å². The molecule has 0 saturated heterocycles. The monoisotopic (exact) mass is 269 g/mol. The molecule has 2 rings (SSSR count). The zero-order valence-electron chi connectivity index (χ0n) is 12.5. The Bertz CT molecular complexity index is 551. The summed E-state index contributed by atoms with van der Waals surface area (Å²) in [4.78, 5) is 0. The molecule has 0 heterocycles. The Kier molecular flexibility index (Phi) is 5.19. The highest BCUT2D eigenvalue weighted by atomic mass is 16.5. The second-order valence-electron chi connectivity index (χ2n) is 5.16. The van der Waals surface area contributed by atoms with E-state index < -0.39 is 0 Å². The van der Waals surface area contributed by atoms with E-state index in [-0.39, 0.29) is 6.04 Å². The molecule has 0 radical (unpaired) electrons. The van der Waals surface area contributed by atoms with Crippen LogP contribution in [0.15, 0.2) is 48.5 Å². The number of rotatable bonds is 6. The van der Waals surface area contributed by atoms with E-state index in [1.807, 2.05) is 12.1 Å². The molecule has 0 aromatic heterocycles. The van der Waals surface area contributed by atoms with Crippen LogP contribution in [0.1, 0.15) is 29.7 Å². The van der Waals surface area contributed by atoms with E-state index in [1.165, 1.54) is 16.7 Å². The third-order valence-corrected chi connectivity index (χ3v) is 3.55. The molecular formula is C18H23NO. The summed E-state index contributed by atoms with van der Waals surface area (Å²) in [6, 6.07) is 17.1. The third-order valence-electron chi connectivity index (χ3n) is 3.55. The Morgan fingerprint density at radius 3 is 2.65 bits per heavy atom. The van der Waals surface area contributed by atoms with Crippen molar-refractivity contribution in [3.63, 3.8) is 0 Å². The van der Waals surface area contributed by atoms with Gasteiger partial charge in [0.15, 0.2) is 0 Å². The lowest BCUT2D eigenvalue weighted by molar-refractivity contribution is 0.402. The van der Waals surface area contributed by atoms with Crippen LogP contribution in [0.2, 0.25) is 0 Å². The first-order valence-corrected chi connectivity index (χ1v) is 7.12. The van der Waals surface area contributed by atoms with E-state index in [0.29, 0.717) is 0 Å². The predicted molar refractivity (Wildman–Crippen MR) is 84.3 cm³/mol. The van der Waals surface area contributed by atoms with Crippen LogP contribution in [0.5, 0.6) is 5.75 Å². The van der Waals surface area contributed by atoms with Gasteiger partial charge in [-0.1, -0.05) is 48.0 Å². The van der Waals surface area contributed by atoms with E-state index in [9.17, 15) is 0 Å². The van der Waals surface area contributed by atoms with Gasteiger partial charge in [0.2, 0.25) is 0 Å². The lowest BCUT2D eigenvalue weighted by atomic mass is 10.1. The maximum atomic E-state index is 5.41. The lowest BCUT2D eigenvalue weighted by Gasteiger charge is -2.17. The van der Waals surface area contributed by atoms with Gasteiger partial charge in [-0.3, -0.25) is 0 Å². The number of aryl methyl sites for hydroxylation is 1. The van der Waals surface area contributed by atoms with Gasteiger partial charge in [-0.15, -0.1) is 0 Å². The first kappa shape index (κ1) is 14.6. The molecule has 0 fully saturated rings. The van der Waals surface area contributed by atoms with Crippen molar-refractivity contribution in [2.24, 2.45) is 0 Å². The van der Waals surface area contributed by atoms with Crippen LogP contribution < -0.4 is 10.1 Å². The molecule has 0 spiro atoms. The molecule has 0 amide bonds. The Morgan fingerprint density at radius 2 is 1.90 bits per heavy atom. The molecular weight excluding hydrogens is 246 g/mol. The van der Waals surface area contributed by atoms with Gasteiger partial charge in [0.05, 0.1) is 7.11 Å². The summed E-state index contributed by atoms with van der Waals surface area (Å²) in [5, 5.41) is 3.56. The highest BCUT2D eigenvalue weighted by Gasteiger charge is 2.09. The molecule has 1 unspecified atom stereocenters. The van der Waals surface area contributed by atoms with Crippen LogP contribution in [0.4, 0.5) is 0 Å². The van der Waals surface area contributed by atoms with Crippen molar-refractivity contribution in [1.82, 2.24) is 5.32 Å². The number of benzene rings is 2. The smallest absolute Gasteiger partial charge is 0.123 e. The van der Waals surface area contributed by atoms with Crippen LogP contribution in [0.25, 0.3) is 0 Å². The molecule has 0 aliphatic carbocycles. The molecule has 2 heteroatoms. The van der Waals surface area contributed by atoms with Crippen molar-refractivity contribution < 1.29 is 4.74 Å². The summed E-state index contributed by atoms with van der Waals surface area (Å²) >= 11 is 0. The standard InChI is InChI=1S/C18H23NO/c1-14-7-6-8-16(13-14)11-12-19-15(2)17-9-4-5-10-18(17)20-3/h4-10,13,15,19H,11-12H2,1-3H3. The predicted octanol–water partition coefficient (Wildman–Crippen LogP) is 3.90. The molecule has 0 bridgehead atoms. The van der Waals surface area contributed by atoms with Crippen LogP contribution >= 0.6 is 0 Å². The van der Waals surface area contributed by atoms with E-state index in [0.717, 1.165) is 18.7 Å². The fourth-order valence-electron chi connectivity index (χ4n) is 2.43. The first-order valence-electron chi connectivity index (χ1n) is 7.12. The Labute approximate surface area is 121 Å². The van der Waals surface area contributed by atoms with Crippen LogP contribution in [-0.2, 0) is 6.42 Å². The highest BCUT2D eigenvalue weighted by molar-refractivity contribution is 5.35. The zero-order chi connectivity index (χ0) is 14.4. The van der Waals surface area contributed by atoms with Crippen molar-refractivity contribution >= 4 is 0 Å². The number of hydrogen-bond donors (Lipinski definition) is 1. The molecule has 2 aromatic rings. The van der Waals surface area contributed by atoms with Crippen molar-refractivity contribution in [3.8, 4) is 5.75 Å². The quantitative estimate of drug-likeness (QED) is 0.859. The third kappa shape index (κ3) is 3.84. The summed E-state index contributed by atoms with van der Waals surface area (Å²) < 4.78 is 5.41. The minimum atomic E-state index is 0.288. The lowest BCUT2D eigenvalue weighted by Crippen LogP contribution is -2.21. The summed E-state index contributed by atoms with van der Waals surface area (Å²) in [5.74, 6) is 0.947.